The van der Waals surface area contributed by atoms with E-state index in [2.05, 4.69) is 31.0 Å². The maximum absolute atomic E-state index is 11.5. The van der Waals surface area contributed by atoms with Gasteiger partial charge in [-0.05, 0) is 42.2 Å². The fourth-order valence-corrected chi connectivity index (χ4v) is 1.98. The topological polar surface area (TPSA) is 39.2 Å². The molecular formula is C15H17NO2. The van der Waals surface area contributed by atoms with Gasteiger partial charge in [-0.25, -0.2) is 9.78 Å². The van der Waals surface area contributed by atoms with E-state index < -0.39 is 5.97 Å². The summed E-state index contributed by atoms with van der Waals surface area (Å²) in [6.07, 6.45) is 0. The number of pyridine rings is 1. The SMILES string of the molecule is COC(=O)c1cc(C)c2cc(C(C)C)ccc2n1. The number of fused-ring (bicyclic) bond motifs is 1. The Morgan fingerprint density at radius 2 is 2.00 bits per heavy atom. The smallest absolute Gasteiger partial charge is 0.356 e. The van der Waals surface area contributed by atoms with Crippen molar-refractivity contribution in [2.24, 2.45) is 0 Å². The fourth-order valence-electron chi connectivity index (χ4n) is 1.98. The summed E-state index contributed by atoms with van der Waals surface area (Å²) in [6, 6.07) is 7.94. The normalized spacial score (nSPS) is 10.9. The van der Waals surface area contributed by atoms with Crippen molar-refractivity contribution in [2.45, 2.75) is 26.7 Å². The molecule has 94 valence electrons. The number of ether oxygens (including phenoxy) is 1. The molecule has 1 heterocycles. The summed E-state index contributed by atoms with van der Waals surface area (Å²) in [5.74, 6) is 0.0852. The molecule has 0 aliphatic carbocycles. The van der Waals surface area contributed by atoms with Gasteiger partial charge >= 0.3 is 5.97 Å². The second-order valence-corrected chi connectivity index (χ2v) is 4.75. The van der Waals surface area contributed by atoms with E-state index in [1.165, 1.54) is 12.7 Å². The number of aryl methyl sites for hydroxylation is 1. The number of benzene rings is 1. The van der Waals surface area contributed by atoms with Gasteiger partial charge in [0.25, 0.3) is 0 Å². The van der Waals surface area contributed by atoms with Crippen LogP contribution in [0.4, 0.5) is 0 Å². The molecule has 0 N–H and O–H groups in total. The Labute approximate surface area is 107 Å². The van der Waals surface area contributed by atoms with E-state index in [1.54, 1.807) is 6.07 Å². The van der Waals surface area contributed by atoms with Crippen molar-refractivity contribution in [3.8, 4) is 0 Å². The van der Waals surface area contributed by atoms with Crippen LogP contribution in [-0.2, 0) is 4.74 Å². The van der Waals surface area contributed by atoms with Crippen LogP contribution in [0.2, 0.25) is 0 Å². The molecule has 1 aromatic carbocycles. The molecule has 0 aliphatic rings. The highest BCUT2D eigenvalue weighted by Crippen LogP contribution is 2.23. The minimum Gasteiger partial charge on any atom is -0.464 e. The first-order valence-electron chi connectivity index (χ1n) is 6.02. The molecule has 0 unspecified atom stereocenters. The molecule has 0 atom stereocenters. The molecule has 0 saturated carbocycles. The number of nitrogens with zero attached hydrogens (tertiary/aromatic N) is 1. The number of esters is 1. The highest BCUT2D eigenvalue weighted by molar-refractivity contribution is 5.92. The van der Waals surface area contributed by atoms with Gasteiger partial charge in [-0.3, -0.25) is 0 Å². The van der Waals surface area contributed by atoms with Crippen LogP contribution in [0.3, 0.4) is 0 Å². The van der Waals surface area contributed by atoms with Gasteiger partial charge in [0.1, 0.15) is 5.69 Å². The maximum atomic E-state index is 11.5. The Morgan fingerprint density at radius 1 is 1.28 bits per heavy atom. The largest absolute Gasteiger partial charge is 0.464 e. The maximum Gasteiger partial charge on any atom is 0.356 e. The summed E-state index contributed by atoms with van der Waals surface area (Å²) in [5.41, 5.74) is 3.51. The Kier molecular flexibility index (Phi) is 3.32. The first kappa shape index (κ1) is 12.6. The van der Waals surface area contributed by atoms with Crippen LogP contribution < -0.4 is 0 Å². The zero-order chi connectivity index (χ0) is 13.3. The molecule has 2 aromatic rings. The van der Waals surface area contributed by atoms with E-state index in [1.807, 2.05) is 13.0 Å². The Bertz CT molecular complexity index is 603. The van der Waals surface area contributed by atoms with Crippen LogP contribution in [0.1, 0.15) is 41.4 Å². The van der Waals surface area contributed by atoms with Crippen molar-refractivity contribution in [1.82, 2.24) is 4.98 Å². The summed E-state index contributed by atoms with van der Waals surface area (Å²) in [6.45, 7) is 6.31. The van der Waals surface area contributed by atoms with E-state index in [9.17, 15) is 4.79 Å². The third kappa shape index (κ3) is 2.21. The van der Waals surface area contributed by atoms with Crippen LogP contribution in [0.5, 0.6) is 0 Å². The van der Waals surface area contributed by atoms with E-state index in [-0.39, 0.29) is 0 Å². The van der Waals surface area contributed by atoms with Crippen LogP contribution in [0.25, 0.3) is 10.9 Å². The van der Waals surface area contributed by atoms with Gasteiger partial charge in [0, 0.05) is 5.39 Å². The van der Waals surface area contributed by atoms with Crippen LogP contribution in [0, 0.1) is 6.92 Å². The number of hydrogen-bond donors (Lipinski definition) is 0. The summed E-state index contributed by atoms with van der Waals surface area (Å²) >= 11 is 0. The number of rotatable bonds is 2. The first-order valence-corrected chi connectivity index (χ1v) is 6.02. The number of carbonyl (C=O) groups is 1. The van der Waals surface area contributed by atoms with Crippen molar-refractivity contribution in [2.75, 3.05) is 7.11 Å². The molecule has 0 radical (unpaired) electrons. The third-order valence-electron chi connectivity index (χ3n) is 3.10. The average Bonchev–Trinajstić information content (AvgIpc) is 2.37. The fraction of sp³-hybridized carbons (Fsp3) is 0.333. The second-order valence-electron chi connectivity index (χ2n) is 4.75. The predicted octanol–water partition coefficient (Wildman–Crippen LogP) is 3.45. The van der Waals surface area contributed by atoms with Gasteiger partial charge in [-0.2, -0.15) is 0 Å². The lowest BCUT2D eigenvalue weighted by atomic mass is 9.99. The molecule has 3 nitrogen and oxygen atoms in total. The zero-order valence-electron chi connectivity index (χ0n) is 11.2. The minimum atomic E-state index is -0.395. The molecule has 0 fully saturated rings. The number of hydrogen-bond acceptors (Lipinski definition) is 3. The molecule has 3 heteroatoms. The van der Waals surface area contributed by atoms with E-state index >= 15 is 0 Å². The molecule has 1 aromatic heterocycles. The van der Waals surface area contributed by atoms with Gasteiger partial charge in [0.05, 0.1) is 12.6 Å². The minimum absolute atomic E-state index is 0.361. The van der Waals surface area contributed by atoms with Crippen LogP contribution in [-0.4, -0.2) is 18.1 Å². The number of carbonyl (C=O) groups excluding carboxylic acids is 1. The van der Waals surface area contributed by atoms with Gasteiger partial charge in [-0.15, -0.1) is 0 Å². The lowest BCUT2D eigenvalue weighted by molar-refractivity contribution is 0.0594. The lowest BCUT2D eigenvalue weighted by Gasteiger charge is -2.09. The standard InChI is InChI=1S/C15H17NO2/c1-9(2)11-5-6-13-12(8-11)10(3)7-14(16-13)15(17)18-4/h5-9H,1-4H3. The molecule has 2 rings (SSSR count). The van der Waals surface area contributed by atoms with Gasteiger partial charge < -0.3 is 4.74 Å². The summed E-state index contributed by atoms with van der Waals surface area (Å²) in [4.78, 5) is 15.8. The summed E-state index contributed by atoms with van der Waals surface area (Å²) < 4.78 is 4.70. The van der Waals surface area contributed by atoms with Gasteiger partial charge in [-0.1, -0.05) is 19.9 Å². The summed E-state index contributed by atoms with van der Waals surface area (Å²) in [7, 11) is 1.37. The molecule has 18 heavy (non-hydrogen) atoms. The molecule has 0 bridgehead atoms. The molecular weight excluding hydrogens is 226 g/mol. The number of methoxy groups -OCH3 is 1. The number of aromatic nitrogens is 1. The second kappa shape index (κ2) is 4.77. The average molecular weight is 243 g/mol. The van der Waals surface area contributed by atoms with E-state index in [4.69, 9.17) is 4.74 Å². The molecule has 0 saturated heterocycles. The van der Waals surface area contributed by atoms with E-state index in [0.717, 1.165) is 16.5 Å². The third-order valence-corrected chi connectivity index (χ3v) is 3.10. The monoisotopic (exact) mass is 243 g/mol. The lowest BCUT2D eigenvalue weighted by Crippen LogP contribution is -2.05. The van der Waals surface area contributed by atoms with Crippen LogP contribution in [0.15, 0.2) is 24.3 Å². The van der Waals surface area contributed by atoms with Gasteiger partial charge in [0.2, 0.25) is 0 Å². The predicted molar refractivity (Wildman–Crippen MR) is 71.9 cm³/mol. The quantitative estimate of drug-likeness (QED) is 0.758. The molecule has 0 amide bonds. The van der Waals surface area contributed by atoms with Crippen molar-refractivity contribution >= 4 is 16.9 Å². The van der Waals surface area contributed by atoms with Crippen LogP contribution >= 0.6 is 0 Å². The van der Waals surface area contributed by atoms with E-state index in [0.29, 0.717) is 11.6 Å². The highest BCUT2D eigenvalue weighted by Gasteiger charge is 2.11. The Morgan fingerprint density at radius 3 is 2.61 bits per heavy atom. The Balaban J connectivity index is 2.62. The first-order chi connectivity index (χ1) is 8.52. The zero-order valence-corrected chi connectivity index (χ0v) is 11.2. The molecule has 0 spiro atoms. The van der Waals surface area contributed by atoms with Crippen molar-refractivity contribution in [3.05, 3.63) is 41.1 Å². The van der Waals surface area contributed by atoms with Gasteiger partial charge in [0.15, 0.2) is 0 Å². The van der Waals surface area contributed by atoms with Crippen molar-refractivity contribution in [1.29, 1.82) is 0 Å². The Hall–Kier alpha value is -1.90. The van der Waals surface area contributed by atoms with Crippen molar-refractivity contribution < 1.29 is 9.53 Å². The molecule has 0 aliphatic heterocycles. The van der Waals surface area contributed by atoms with Crippen molar-refractivity contribution in [3.63, 3.8) is 0 Å². The highest BCUT2D eigenvalue weighted by atomic mass is 16.5. The summed E-state index contributed by atoms with van der Waals surface area (Å²) in [5, 5.41) is 1.09.